The molecule has 0 fully saturated rings. The monoisotopic (exact) mass is 406 g/mol. The first-order valence-corrected chi connectivity index (χ1v) is 9.78. The number of carbonyl (C=O) groups excluding carboxylic acids is 1. The number of ether oxygens (including phenoxy) is 1. The topological polar surface area (TPSA) is 86.1 Å². The molecular formula is C21H18N4O3S. The van der Waals surface area contributed by atoms with Crippen LogP contribution in [0.3, 0.4) is 0 Å². The van der Waals surface area contributed by atoms with Gasteiger partial charge in [-0.15, -0.1) is 16.4 Å². The van der Waals surface area contributed by atoms with Gasteiger partial charge in [0.2, 0.25) is 5.91 Å². The summed E-state index contributed by atoms with van der Waals surface area (Å²) >= 11 is 1.40. The van der Waals surface area contributed by atoms with Gasteiger partial charge < -0.3 is 10.1 Å². The molecule has 0 saturated carbocycles. The first kappa shape index (κ1) is 18.8. The Morgan fingerprint density at radius 2 is 1.86 bits per heavy atom. The smallest absolute Gasteiger partial charge is 0.279 e. The highest BCUT2D eigenvalue weighted by molar-refractivity contribution is 7.21. The first-order chi connectivity index (χ1) is 14.1. The average Bonchev–Trinajstić information content (AvgIpc) is 3.20. The van der Waals surface area contributed by atoms with E-state index in [4.69, 9.17) is 4.74 Å². The van der Waals surface area contributed by atoms with E-state index in [9.17, 15) is 9.59 Å². The largest absolute Gasteiger partial charge is 0.495 e. The lowest BCUT2D eigenvalue weighted by Crippen LogP contribution is -2.34. The molecule has 0 bridgehead atoms. The van der Waals surface area contributed by atoms with Crippen LogP contribution in [0, 0.1) is 0 Å². The molecule has 0 spiro atoms. The summed E-state index contributed by atoms with van der Waals surface area (Å²) in [5.41, 5.74) is 1.18. The van der Waals surface area contributed by atoms with Gasteiger partial charge in [-0.1, -0.05) is 47.7 Å². The van der Waals surface area contributed by atoms with Crippen molar-refractivity contribution in [3.63, 3.8) is 0 Å². The fourth-order valence-corrected chi connectivity index (χ4v) is 3.93. The minimum Gasteiger partial charge on any atom is -0.495 e. The third kappa shape index (κ3) is 3.62. The Morgan fingerprint density at radius 1 is 1.14 bits per heavy atom. The van der Waals surface area contributed by atoms with Gasteiger partial charge in [0.25, 0.3) is 5.56 Å². The zero-order valence-corrected chi connectivity index (χ0v) is 16.6. The Kier molecular flexibility index (Phi) is 5.09. The number of hydrogen-bond donors (Lipinski definition) is 1. The number of nitrogens with zero attached hydrogens (tertiary/aromatic N) is 3. The van der Waals surface area contributed by atoms with Gasteiger partial charge in [-0.05, 0) is 30.7 Å². The van der Waals surface area contributed by atoms with Crippen LogP contribution in [0.15, 0.2) is 65.5 Å². The molecule has 7 nitrogen and oxygen atoms in total. The van der Waals surface area contributed by atoms with E-state index in [1.807, 2.05) is 36.4 Å². The molecule has 4 rings (SSSR count). The normalized spacial score (nSPS) is 11.9. The summed E-state index contributed by atoms with van der Waals surface area (Å²) in [6, 6.07) is 17.8. The van der Waals surface area contributed by atoms with E-state index in [2.05, 4.69) is 15.6 Å². The number of para-hydroxylation sites is 2. The van der Waals surface area contributed by atoms with Crippen molar-refractivity contribution >= 4 is 33.1 Å². The predicted molar refractivity (Wildman–Crippen MR) is 113 cm³/mol. The van der Waals surface area contributed by atoms with Gasteiger partial charge in [0.05, 0.1) is 18.2 Å². The summed E-state index contributed by atoms with van der Waals surface area (Å²) in [5.74, 6) is 0.149. The Morgan fingerprint density at radius 3 is 2.62 bits per heavy atom. The maximum atomic E-state index is 13.0. The number of thiophene rings is 1. The highest BCUT2D eigenvalue weighted by Crippen LogP contribution is 2.30. The van der Waals surface area contributed by atoms with Crippen LogP contribution in [0.5, 0.6) is 5.75 Å². The molecule has 2 aromatic heterocycles. The Balaban J connectivity index is 1.65. The molecule has 2 aromatic carbocycles. The van der Waals surface area contributed by atoms with Crippen LogP contribution in [0.1, 0.15) is 13.0 Å². The van der Waals surface area contributed by atoms with Crippen molar-refractivity contribution in [3.8, 4) is 16.2 Å². The van der Waals surface area contributed by atoms with E-state index >= 15 is 0 Å². The van der Waals surface area contributed by atoms with E-state index in [0.717, 1.165) is 15.1 Å². The van der Waals surface area contributed by atoms with E-state index in [1.54, 1.807) is 31.2 Å². The fourth-order valence-electron chi connectivity index (χ4n) is 2.96. The molecule has 1 N–H and O–H groups in total. The van der Waals surface area contributed by atoms with Crippen molar-refractivity contribution in [2.45, 2.75) is 13.0 Å². The second-order valence-corrected chi connectivity index (χ2v) is 7.43. The predicted octanol–water partition coefficient (Wildman–Crippen LogP) is 3.73. The van der Waals surface area contributed by atoms with Crippen LogP contribution in [0.4, 0.5) is 5.69 Å². The van der Waals surface area contributed by atoms with Crippen molar-refractivity contribution in [2.75, 3.05) is 12.4 Å². The van der Waals surface area contributed by atoms with E-state index in [-0.39, 0.29) is 11.5 Å². The van der Waals surface area contributed by atoms with Gasteiger partial charge in [-0.3, -0.25) is 9.59 Å². The van der Waals surface area contributed by atoms with Gasteiger partial charge in [0.15, 0.2) is 4.83 Å². The molecule has 0 aliphatic heterocycles. The molecule has 4 aromatic rings. The molecule has 0 aliphatic carbocycles. The van der Waals surface area contributed by atoms with Gasteiger partial charge in [-0.2, -0.15) is 4.68 Å². The number of anilines is 1. The number of benzene rings is 2. The second-order valence-electron chi connectivity index (χ2n) is 6.40. The van der Waals surface area contributed by atoms with E-state index in [1.165, 1.54) is 18.4 Å². The molecule has 0 saturated heterocycles. The van der Waals surface area contributed by atoms with Crippen molar-refractivity contribution in [1.29, 1.82) is 0 Å². The Hall–Kier alpha value is -3.52. The summed E-state index contributed by atoms with van der Waals surface area (Å²) in [7, 11) is 1.53. The molecule has 29 heavy (non-hydrogen) atoms. The number of methoxy groups -OCH3 is 1. The lowest BCUT2D eigenvalue weighted by atomic mass is 10.2. The van der Waals surface area contributed by atoms with Crippen LogP contribution in [-0.2, 0) is 4.79 Å². The number of nitrogens with one attached hydrogen (secondary N) is 1. The Labute approximate surface area is 170 Å². The zero-order valence-electron chi connectivity index (χ0n) is 15.8. The third-order valence-corrected chi connectivity index (χ3v) is 5.62. The lowest BCUT2D eigenvalue weighted by molar-refractivity contribution is -0.119. The van der Waals surface area contributed by atoms with Crippen molar-refractivity contribution in [1.82, 2.24) is 15.0 Å². The zero-order chi connectivity index (χ0) is 20.4. The lowest BCUT2D eigenvalue weighted by Gasteiger charge is -2.14. The highest BCUT2D eigenvalue weighted by Gasteiger charge is 2.21. The summed E-state index contributed by atoms with van der Waals surface area (Å²) in [6.45, 7) is 1.61. The van der Waals surface area contributed by atoms with Crippen molar-refractivity contribution in [2.24, 2.45) is 0 Å². The van der Waals surface area contributed by atoms with Gasteiger partial charge in [0, 0.05) is 4.88 Å². The SMILES string of the molecule is COc1ccccc1NC(=O)[C@H](C)n1nnc2sc(-c3ccccc3)cc2c1=O. The van der Waals surface area contributed by atoms with Crippen molar-refractivity contribution in [3.05, 3.63) is 71.0 Å². The van der Waals surface area contributed by atoms with Gasteiger partial charge >= 0.3 is 0 Å². The van der Waals surface area contributed by atoms with Crippen molar-refractivity contribution < 1.29 is 9.53 Å². The number of aromatic nitrogens is 3. The van der Waals surface area contributed by atoms with Crippen LogP contribution < -0.4 is 15.6 Å². The van der Waals surface area contributed by atoms with Gasteiger partial charge in [0.1, 0.15) is 11.8 Å². The standard InChI is InChI=1S/C21H18N4O3S/c1-13(19(26)22-16-10-6-7-11-17(16)28-2)25-21(27)15-12-18(29-20(15)23-24-25)14-8-4-3-5-9-14/h3-13H,1-2H3,(H,22,26)/t13-/m0/s1. The van der Waals surface area contributed by atoms with Crippen LogP contribution in [0.2, 0.25) is 0 Å². The molecule has 146 valence electrons. The summed E-state index contributed by atoms with van der Waals surface area (Å²) in [5, 5.41) is 11.4. The molecule has 0 radical (unpaired) electrons. The first-order valence-electron chi connectivity index (χ1n) is 8.97. The van der Waals surface area contributed by atoms with Crippen LogP contribution >= 0.6 is 11.3 Å². The number of fused-ring (bicyclic) bond motifs is 1. The summed E-state index contributed by atoms with van der Waals surface area (Å²) < 4.78 is 6.35. The maximum absolute atomic E-state index is 13.0. The second kappa shape index (κ2) is 7.84. The molecule has 0 aliphatic rings. The van der Waals surface area contributed by atoms with E-state index < -0.39 is 6.04 Å². The molecular weight excluding hydrogens is 388 g/mol. The maximum Gasteiger partial charge on any atom is 0.279 e. The van der Waals surface area contributed by atoms with Gasteiger partial charge in [-0.25, -0.2) is 0 Å². The minimum absolute atomic E-state index is 0.351. The minimum atomic E-state index is -0.843. The molecule has 8 heteroatoms. The average molecular weight is 406 g/mol. The number of rotatable bonds is 5. The number of hydrogen-bond acceptors (Lipinski definition) is 6. The number of amides is 1. The van der Waals surface area contributed by atoms with Crippen LogP contribution in [0.25, 0.3) is 20.7 Å². The Bertz CT molecular complexity index is 1230. The quantitative estimate of drug-likeness (QED) is 0.546. The molecule has 1 atom stereocenters. The summed E-state index contributed by atoms with van der Waals surface area (Å²) in [6.07, 6.45) is 0. The fraction of sp³-hybridized carbons (Fsp3) is 0.143. The highest BCUT2D eigenvalue weighted by atomic mass is 32.1. The third-order valence-electron chi connectivity index (χ3n) is 4.55. The molecule has 1 amide bonds. The van der Waals surface area contributed by atoms with E-state index in [0.29, 0.717) is 21.7 Å². The summed E-state index contributed by atoms with van der Waals surface area (Å²) in [4.78, 5) is 27.1. The molecule has 0 unspecified atom stereocenters. The number of carbonyl (C=O) groups is 1. The molecule has 2 heterocycles. The van der Waals surface area contributed by atoms with Crippen LogP contribution in [-0.4, -0.2) is 28.0 Å².